The molecule has 1 aromatic carbocycles. The second-order valence-corrected chi connectivity index (χ2v) is 3.03. The molecule has 0 saturated heterocycles. The third kappa shape index (κ3) is 1.72. The van der Waals surface area contributed by atoms with E-state index in [0.717, 1.165) is 41.5 Å². The van der Waals surface area contributed by atoms with Crippen molar-refractivity contribution in [2.24, 2.45) is 0 Å². The van der Waals surface area contributed by atoms with Crippen LogP contribution in [0, 0.1) is 0 Å². The molecule has 70 valence electrons. The van der Waals surface area contributed by atoms with Gasteiger partial charge in [-0.2, -0.15) is 0 Å². The van der Waals surface area contributed by atoms with Gasteiger partial charge < -0.3 is 5.73 Å². The Balaban J connectivity index is 3.35. The van der Waals surface area contributed by atoms with Crippen LogP contribution in [0.25, 0.3) is 0 Å². The highest BCUT2D eigenvalue weighted by Gasteiger charge is 2.07. The summed E-state index contributed by atoms with van der Waals surface area (Å²) < 4.78 is 0. The van der Waals surface area contributed by atoms with Gasteiger partial charge in [-0.05, 0) is 36.1 Å². The minimum atomic E-state index is 0.772. The lowest BCUT2D eigenvalue weighted by Gasteiger charge is -2.11. The number of rotatable bonds is 3. The molecular weight excluding hydrogens is 162 g/mol. The average Bonchev–Trinajstić information content (AvgIpc) is 2.17. The van der Waals surface area contributed by atoms with Crippen molar-refractivity contribution in [1.29, 1.82) is 0 Å². The normalized spacial score (nSPS) is 10.0. The van der Waals surface area contributed by atoms with Gasteiger partial charge in [-0.3, -0.25) is 4.79 Å². The van der Waals surface area contributed by atoms with Crippen LogP contribution in [0.3, 0.4) is 0 Å². The number of aldehydes is 1. The van der Waals surface area contributed by atoms with Crippen LogP contribution < -0.4 is 5.73 Å². The van der Waals surface area contributed by atoms with E-state index < -0.39 is 0 Å². The largest absolute Gasteiger partial charge is 0.398 e. The van der Waals surface area contributed by atoms with Gasteiger partial charge in [0.15, 0.2) is 0 Å². The Labute approximate surface area is 78.8 Å². The highest BCUT2D eigenvalue weighted by Crippen LogP contribution is 2.21. The van der Waals surface area contributed by atoms with Crippen LogP contribution >= 0.6 is 0 Å². The molecule has 1 aromatic rings. The van der Waals surface area contributed by atoms with Gasteiger partial charge in [-0.1, -0.05) is 13.8 Å². The molecule has 0 spiro atoms. The van der Waals surface area contributed by atoms with Crippen molar-refractivity contribution in [2.75, 3.05) is 5.73 Å². The van der Waals surface area contributed by atoms with Crippen molar-refractivity contribution < 1.29 is 4.79 Å². The van der Waals surface area contributed by atoms with Crippen molar-refractivity contribution >= 4 is 12.0 Å². The standard InChI is InChI=1S/C11H15NO/c1-3-9-8(7-13)5-6-11(12)10(9)4-2/h5-7H,3-4,12H2,1-2H3. The molecule has 0 aliphatic heterocycles. The summed E-state index contributed by atoms with van der Waals surface area (Å²) in [4.78, 5) is 10.7. The number of nitrogens with two attached hydrogens (primary N) is 1. The molecule has 0 saturated carbocycles. The first-order chi connectivity index (χ1) is 6.24. The Morgan fingerprint density at radius 1 is 1.23 bits per heavy atom. The Kier molecular flexibility index (Phi) is 3.07. The topological polar surface area (TPSA) is 43.1 Å². The first-order valence-corrected chi connectivity index (χ1v) is 4.60. The summed E-state index contributed by atoms with van der Waals surface area (Å²) in [5.41, 5.74) is 9.60. The number of benzene rings is 1. The number of nitrogen functional groups attached to an aromatic ring is 1. The average molecular weight is 177 g/mol. The van der Waals surface area contributed by atoms with Crippen molar-refractivity contribution in [3.8, 4) is 0 Å². The summed E-state index contributed by atoms with van der Waals surface area (Å²) in [6.07, 6.45) is 2.65. The van der Waals surface area contributed by atoms with Gasteiger partial charge >= 0.3 is 0 Å². The minimum absolute atomic E-state index is 0.772. The maximum Gasteiger partial charge on any atom is 0.150 e. The van der Waals surface area contributed by atoms with Gasteiger partial charge in [-0.15, -0.1) is 0 Å². The van der Waals surface area contributed by atoms with Gasteiger partial charge in [0.1, 0.15) is 6.29 Å². The van der Waals surface area contributed by atoms with Gasteiger partial charge in [-0.25, -0.2) is 0 Å². The van der Waals surface area contributed by atoms with Gasteiger partial charge in [0.2, 0.25) is 0 Å². The van der Waals surface area contributed by atoms with Crippen molar-refractivity contribution in [1.82, 2.24) is 0 Å². The molecule has 0 aliphatic rings. The number of carbonyl (C=O) groups is 1. The summed E-state index contributed by atoms with van der Waals surface area (Å²) >= 11 is 0. The van der Waals surface area contributed by atoms with Crippen molar-refractivity contribution in [2.45, 2.75) is 26.7 Å². The van der Waals surface area contributed by atoms with Crippen LogP contribution in [-0.4, -0.2) is 6.29 Å². The Morgan fingerprint density at radius 3 is 2.31 bits per heavy atom. The Morgan fingerprint density at radius 2 is 1.85 bits per heavy atom. The van der Waals surface area contributed by atoms with E-state index in [1.165, 1.54) is 0 Å². The molecule has 0 radical (unpaired) electrons. The van der Waals surface area contributed by atoms with E-state index in [2.05, 4.69) is 6.92 Å². The highest BCUT2D eigenvalue weighted by molar-refractivity contribution is 5.79. The number of hydrogen-bond donors (Lipinski definition) is 1. The minimum Gasteiger partial charge on any atom is -0.398 e. The lowest BCUT2D eigenvalue weighted by atomic mass is 9.96. The highest BCUT2D eigenvalue weighted by atomic mass is 16.1. The van der Waals surface area contributed by atoms with E-state index in [1.54, 1.807) is 6.07 Å². The van der Waals surface area contributed by atoms with Crippen molar-refractivity contribution in [3.63, 3.8) is 0 Å². The summed E-state index contributed by atoms with van der Waals surface area (Å²) in [7, 11) is 0. The predicted molar refractivity (Wildman–Crippen MR) is 55.0 cm³/mol. The van der Waals surface area contributed by atoms with Crippen LogP contribution in [0.4, 0.5) is 5.69 Å². The fourth-order valence-electron chi connectivity index (χ4n) is 1.67. The summed E-state index contributed by atoms with van der Waals surface area (Å²) in [5.74, 6) is 0. The molecule has 0 amide bonds. The molecule has 2 nitrogen and oxygen atoms in total. The molecule has 13 heavy (non-hydrogen) atoms. The Bertz CT molecular complexity index is 318. The second-order valence-electron chi connectivity index (χ2n) is 3.03. The van der Waals surface area contributed by atoms with Crippen LogP contribution in [0.5, 0.6) is 0 Å². The zero-order chi connectivity index (χ0) is 9.84. The quantitative estimate of drug-likeness (QED) is 0.568. The van der Waals surface area contributed by atoms with E-state index in [0.29, 0.717) is 0 Å². The maximum absolute atomic E-state index is 10.7. The molecule has 0 heterocycles. The van der Waals surface area contributed by atoms with Gasteiger partial charge in [0.05, 0.1) is 0 Å². The lowest BCUT2D eigenvalue weighted by Crippen LogP contribution is -2.02. The molecule has 2 N–H and O–H groups in total. The molecule has 0 aliphatic carbocycles. The molecule has 0 aromatic heterocycles. The van der Waals surface area contributed by atoms with E-state index in [9.17, 15) is 4.79 Å². The van der Waals surface area contributed by atoms with E-state index in [4.69, 9.17) is 5.73 Å². The molecule has 1 rings (SSSR count). The third-order valence-corrected chi connectivity index (χ3v) is 2.34. The van der Waals surface area contributed by atoms with E-state index in [1.807, 2.05) is 13.0 Å². The van der Waals surface area contributed by atoms with Crippen LogP contribution in [-0.2, 0) is 12.8 Å². The fraction of sp³-hybridized carbons (Fsp3) is 0.364. The Hall–Kier alpha value is -1.31. The molecule has 2 heteroatoms. The first kappa shape index (κ1) is 9.78. The van der Waals surface area contributed by atoms with Crippen molar-refractivity contribution in [3.05, 3.63) is 28.8 Å². The molecule has 0 bridgehead atoms. The number of carbonyl (C=O) groups excluding carboxylic acids is 1. The van der Waals surface area contributed by atoms with E-state index >= 15 is 0 Å². The monoisotopic (exact) mass is 177 g/mol. The summed E-state index contributed by atoms with van der Waals surface area (Å²) in [6, 6.07) is 3.60. The van der Waals surface area contributed by atoms with Gasteiger partial charge in [0, 0.05) is 11.3 Å². The summed E-state index contributed by atoms with van der Waals surface area (Å²) in [5, 5.41) is 0. The predicted octanol–water partition coefficient (Wildman–Crippen LogP) is 2.21. The van der Waals surface area contributed by atoms with E-state index in [-0.39, 0.29) is 0 Å². The van der Waals surface area contributed by atoms with Crippen LogP contribution in [0.2, 0.25) is 0 Å². The number of hydrogen-bond acceptors (Lipinski definition) is 2. The molecular formula is C11H15NO. The lowest BCUT2D eigenvalue weighted by molar-refractivity contribution is 0.112. The molecule has 0 atom stereocenters. The third-order valence-electron chi connectivity index (χ3n) is 2.34. The second kappa shape index (κ2) is 4.08. The van der Waals surface area contributed by atoms with Crippen LogP contribution in [0.15, 0.2) is 12.1 Å². The molecule has 0 unspecified atom stereocenters. The fourth-order valence-corrected chi connectivity index (χ4v) is 1.67. The number of anilines is 1. The maximum atomic E-state index is 10.7. The smallest absolute Gasteiger partial charge is 0.150 e. The first-order valence-electron chi connectivity index (χ1n) is 4.60. The zero-order valence-corrected chi connectivity index (χ0v) is 8.13. The van der Waals surface area contributed by atoms with Gasteiger partial charge in [0.25, 0.3) is 0 Å². The zero-order valence-electron chi connectivity index (χ0n) is 8.13. The SMILES string of the molecule is CCc1c(N)ccc(C=O)c1CC. The molecule has 0 fully saturated rings. The summed E-state index contributed by atoms with van der Waals surface area (Å²) in [6.45, 7) is 4.10. The van der Waals surface area contributed by atoms with Crippen LogP contribution in [0.1, 0.15) is 35.3 Å².